The minimum absolute atomic E-state index is 0.0698. The number of hydrogen-bond donors (Lipinski definition) is 7. The van der Waals surface area contributed by atoms with Gasteiger partial charge < -0.3 is 32.3 Å². The maximum absolute atomic E-state index is 12.8. The lowest BCUT2D eigenvalue weighted by Crippen LogP contribution is -2.55. The molecule has 3 atom stereocenters. The second-order valence-corrected chi connectivity index (χ2v) is 7.18. The molecule has 0 spiro atoms. The van der Waals surface area contributed by atoms with Crippen molar-refractivity contribution in [3.63, 3.8) is 0 Å². The van der Waals surface area contributed by atoms with Crippen molar-refractivity contribution in [2.45, 2.75) is 50.2 Å². The zero-order valence-corrected chi connectivity index (χ0v) is 17.1. The smallest absolute Gasteiger partial charge is 0.326 e. The molecule has 10 heteroatoms. The average molecular weight is 427 g/mol. The van der Waals surface area contributed by atoms with Crippen LogP contribution in [-0.2, 0) is 20.8 Å². The van der Waals surface area contributed by atoms with E-state index in [1.807, 2.05) is 0 Å². The van der Waals surface area contributed by atoms with Gasteiger partial charge in [0, 0.05) is 6.42 Å². The largest absolute Gasteiger partial charge is 0.508 e. The van der Waals surface area contributed by atoms with Gasteiger partial charge >= 0.3 is 5.97 Å². The summed E-state index contributed by atoms with van der Waals surface area (Å²) in [5.41, 5.74) is 11.9. The summed E-state index contributed by atoms with van der Waals surface area (Å²) in [6.07, 6.45) is 1.87. The molecular weight excluding hydrogens is 396 g/mol. The molecule has 2 amide bonds. The summed E-state index contributed by atoms with van der Waals surface area (Å²) in [5, 5.41) is 23.9. The number of carboxylic acids is 1. The van der Waals surface area contributed by atoms with E-state index < -0.39 is 35.9 Å². The summed E-state index contributed by atoms with van der Waals surface area (Å²) >= 11 is 4.05. The fourth-order valence-electron chi connectivity index (χ4n) is 2.65. The number of nitrogens with two attached hydrogens (primary N) is 2. The molecule has 0 heterocycles. The number of aliphatic carboxylic acids is 1. The van der Waals surface area contributed by atoms with Crippen molar-refractivity contribution in [2.24, 2.45) is 11.5 Å². The first-order chi connectivity index (χ1) is 13.8. The van der Waals surface area contributed by atoms with E-state index in [1.54, 1.807) is 12.1 Å². The number of unbranched alkanes of at least 4 members (excludes halogenated alkanes) is 1. The predicted octanol–water partition coefficient (Wildman–Crippen LogP) is -0.235. The number of phenols is 1. The van der Waals surface area contributed by atoms with Gasteiger partial charge in [-0.2, -0.15) is 12.6 Å². The molecular formula is C19H30N4O5S. The van der Waals surface area contributed by atoms with Crippen LogP contribution in [0.4, 0.5) is 0 Å². The van der Waals surface area contributed by atoms with Crippen LogP contribution in [0.15, 0.2) is 24.3 Å². The number of rotatable bonds is 13. The summed E-state index contributed by atoms with van der Waals surface area (Å²) in [7, 11) is 0. The molecule has 8 N–H and O–H groups in total. The highest BCUT2D eigenvalue weighted by molar-refractivity contribution is 7.80. The third-order valence-electron chi connectivity index (χ3n) is 4.35. The molecule has 162 valence electrons. The van der Waals surface area contributed by atoms with Crippen molar-refractivity contribution >= 4 is 30.4 Å². The number of aromatic hydroxyl groups is 1. The molecule has 0 saturated heterocycles. The normalized spacial score (nSPS) is 13.9. The van der Waals surface area contributed by atoms with Crippen LogP contribution in [0, 0.1) is 0 Å². The molecule has 0 aromatic heterocycles. The molecule has 0 aliphatic carbocycles. The molecule has 1 aromatic rings. The van der Waals surface area contributed by atoms with E-state index in [0.717, 1.165) is 0 Å². The fraction of sp³-hybridized carbons (Fsp3) is 0.526. The van der Waals surface area contributed by atoms with Crippen molar-refractivity contribution < 1.29 is 24.6 Å². The average Bonchev–Trinajstić information content (AvgIpc) is 2.68. The van der Waals surface area contributed by atoms with Crippen LogP contribution < -0.4 is 22.1 Å². The van der Waals surface area contributed by atoms with Crippen LogP contribution in [0.3, 0.4) is 0 Å². The molecule has 0 fully saturated rings. The van der Waals surface area contributed by atoms with Gasteiger partial charge in [0.15, 0.2) is 0 Å². The molecule has 1 rings (SSSR count). The molecule has 0 aliphatic rings. The van der Waals surface area contributed by atoms with Gasteiger partial charge in [0.25, 0.3) is 0 Å². The van der Waals surface area contributed by atoms with Gasteiger partial charge in [0.05, 0.1) is 6.04 Å². The highest BCUT2D eigenvalue weighted by atomic mass is 32.1. The van der Waals surface area contributed by atoms with E-state index in [1.165, 1.54) is 12.1 Å². The lowest BCUT2D eigenvalue weighted by Gasteiger charge is -2.23. The van der Waals surface area contributed by atoms with Crippen LogP contribution in [0.5, 0.6) is 5.75 Å². The maximum Gasteiger partial charge on any atom is 0.326 e. The second-order valence-electron chi connectivity index (χ2n) is 6.73. The Bertz CT molecular complexity index is 671. The quantitative estimate of drug-likeness (QED) is 0.169. The van der Waals surface area contributed by atoms with Gasteiger partial charge in [-0.05, 0) is 55.7 Å². The number of amides is 2. The summed E-state index contributed by atoms with van der Waals surface area (Å²) in [6, 6.07) is 3.23. The highest BCUT2D eigenvalue weighted by Crippen LogP contribution is 2.12. The highest BCUT2D eigenvalue weighted by Gasteiger charge is 2.27. The van der Waals surface area contributed by atoms with Crippen molar-refractivity contribution in [3.8, 4) is 5.75 Å². The van der Waals surface area contributed by atoms with E-state index >= 15 is 0 Å². The zero-order valence-electron chi connectivity index (χ0n) is 16.2. The van der Waals surface area contributed by atoms with Crippen LogP contribution >= 0.6 is 12.6 Å². The van der Waals surface area contributed by atoms with E-state index in [0.29, 0.717) is 37.1 Å². The summed E-state index contributed by atoms with van der Waals surface area (Å²) < 4.78 is 0. The van der Waals surface area contributed by atoms with Gasteiger partial charge in [-0.3, -0.25) is 9.59 Å². The first-order valence-electron chi connectivity index (χ1n) is 9.46. The van der Waals surface area contributed by atoms with Crippen LogP contribution in [-0.4, -0.2) is 58.4 Å². The SMILES string of the molecule is NCCCC[C@H](NC(=O)[C@H](Cc1ccc(O)cc1)NC(=O)[C@@H](N)CCS)C(=O)O. The summed E-state index contributed by atoms with van der Waals surface area (Å²) in [4.78, 5) is 36.5. The van der Waals surface area contributed by atoms with E-state index in [4.69, 9.17) is 11.5 Å². The van der Waals surface area contributed by atoms with Crippen molar-refractivity contribution in [3.05, 3.63) is 29.8 Å². The number of benzene rings is 1. The van der Waals surface area contributed by atoms with Crippen LogP contribution in [0.2, 0.25) is 0 Å². The Morgan fingerprint density at radius 2 is 1.62 bits per heavy atom. The number of carboxylic acid groups (broad SMARTS) is 1. The van der Waals surface area contributed by atoms with E-state index in [9.17, 15) is 24.6 Å². The van der Waals surface area contributed by atoms with Gasteiger partial charge in [-0.15, -0.1) is 0 Å². The summed E-state index contributed by atoms with van der Waals surface area (Å²) in [6.45, 7) is 0.433. The van der Waals surface area contributed by atoms with Crippen molar-refractivity contribution in [2.75, 3.05) is 12.3 Å². The van der Waals surface area contributed by atoms with Gasteiger partial charge in [-0.25, -0.2) is 4.79 Å². The third kappa shape index (κ3) is 9.16. The Hall–Kier alpha value is -2.30. The Labute approximate surface area is 175 Å². The van der Waals surface area contributed by atoms with Crippen LogP contribution in [0.1, 0.15) is 31.2 Å². The maximum atomic E-state index is 12.8. The zero-order chi connectivity index (χ0) is 21.8. The van der Waals surface area contributed by atoms with Gasteiger partial charge in [0.1, 0.15) is 17.8 Å². The number of carbonyl (C=O) groups excluding carboxylic acids is 2. The molecule has 1 aromatic carbocycles. The Morgan fingerprint density at radius 3 is 2.17 bits per heavy atom. The van der Waals surface area contributed by atoms with E-state index in [2.05, 4.69) is 23.3 Å². The first-order valence-corrected chi connectivity index (χ1v) is 10.1. The second kappa shape index (κ2) is 13.0. The number of phenolic OH excluding ortho intramolecular Hbond substituents is 1. The van der Waals surface area contributed by atoms with E-state index in [-0.39, 0.29) is 18.6 Å². The van der Waals surface area contributed by atoms with Crippen LogP contribution in [0.25, 0.3) is 0 Å². The molecule has 0 aliphatic heterocycles. The molecule has 0 unspecified atom stereocenters. The van der Waals surface area contributed by atoms with Gasteiger partial charge in [0.2, 0.25) is 11.8 Å². The predicted molar refractivity (Wildman–Crippen MR) is 113 cm³/mol. The number of hydrogen-bond acceptors (Lipinski definition) is 7. The number of nitrogens with one attached hydrogen (secondary N) is 2. The molecule has 0 bridgehead atoms. The topological polar surface area (TPSA) is 168 Å². The van der Waals surface area contributed by atoms with Crippen molar-refractivity contribution in [1.82, 2.24) is 10.6 Å². The molecule has 0 saturated carbocycles. The van der Waals surface area contributed by atoms with Crippen molar-refractivity contribution in [1.29, 1.82) is 0 Å². The minimum Gasteiger partial charge on any atom is -0.508 e. The van der Waals surface area contributed by atoms with Gasteiger partial charge in [-0.1, -0.05) is 12.1 Å². The molecule has 29 heavy (non-hydrogen) atoms. The Morgan fingerprint density at radius 1 is 1.00 bits per heavy atom. The molecule has 9 nitrogen and oxygen atoms in total. The minimum atomic E-state index is -1.16. The third-order valence-corrected chi connectivity index (χ3v) is 4.61. The Balaban J connectivity index is 2.91. The number of thiol groups is 1. The lowest BCUT2D eigenvalue weighted by atomic mass is 10.0. The number of carbonyl (C=O) groups is 3. The Kier molecular flexibility index (Phi) is 11.1. The monoisotopic (exact) mass is 426 g/mol. The first kappa shape index (κ1) is 24.7. The molecule has 0 radical (unpaired) electrons. The fourth-order valence-corrected chi connectivity index (χ4v) is 2.93. The lowest BCUT2D eigenvalue weighted by molar-refractivity contribution is -0.142. The summed E-state index contributed by atoms with van der Waals surface area (Å²) in [5.74, 6) is -1.82. The standard InChI is InChI=1S/C19H30N4O5S/c20-9-2-1-3-15(19(27)28)22-18(26)16(23-17(25)14(21)8-10-29)11-12-4-6-13(24)7-5-12/h4-7,14-16,24,29H,1-3,8-11,20-21H2,(H,22,26)(H,23,25)(H,27,28)/t14-,15-,16-/m0/s1.